The molecular weight excluding hydrogens is 534 g/mol. The van der Waals surface area contributed by atoms with E-state index in [2.05, 4.69) is 48.5 Å². The van der Waals surface area contributed by atoms with E-state index in [1.54, 1.807) is 0 Å². The first-order valence-electron chi connectivity index (χ1n) is 17.7. The number of carbonyl (C=O) groups excluding carboxylic acids is 2. The first kappa shape index (κ1) is 36.7. The number of rotatable bonds is 26. The van der Waals surface area contributed by atoms with E-state index in [0.29, 0.717) is 13.2 Å². The summed E-state index contributed by atoms with van der Waals surface area (Å²) in [4.78, 5) is 28.5. The zero-order chi connectivity index (χ0) is 30.8. The van der Waals surface area contributed by atoms with Crippen LogP contribution in [-0.2, 0) is 9.53 Å². The number of para-hydroxylation sites is 1. The van der Waals surface area contributed by atoms with E-state index in [1.165, 1.54) is 102 Å². The van der Waals surface area contributed by atoms with Gasteiger partial charge in [0.25, 0.3) is 0 Å². The SMILES string of the molecule is CCCCCCCCCCCCCCCCCCN(C=O)C1CC=CCC1COC(=O)NCCCN(C)c1ccccc1. The van der Waals surface area contributed by atoms with Crippen molar-refractivity contribution in [2.45, 2.75) is 135 Å². The number of benzene rings is 1. The normalized spacial score (nSPS) is 16.1. The molecule has 1 N–H and O–H groups in total. The molecule has 2 amide bonds. The Morgan fingerprint density at radius 3 is 1.93 bits per heavy atom. The van der Waals surface area contributed by atoms with Crippen molar-refractivity contribution in [1.29, 1.82) is 0 Å². The van der Waals surface area contributed by atoms with Crippen LogP contribution in [0.15, 0.2) is 42.5 Å². The highest BCUT2D eigenvalue weighted by Gasteiger charge is 2.28. The maximum atomic E-state index is 12.3. The van der Waals surface area contributed by atoms with E-state index in [1.807, 2.05) is 23.1 Å². The summed E-state index contributed by atoms with van der Waals surface area (Å²) in [6, 6.07) is 10.3. The van der Waals surface area contributed by atoms with Gasteiger partial charge in [0.05, 0.1) is 6.61 Å². The third-order valence-corrected chi connectivity index (χ3v) is 8.92. The van der Waals surface area contributed by atoms with E-state index in [-0.39, 0.29) is 18.1 Å². The van der Waals surface area contributed by atoms with Gasteiger partial charge in [-0.1, -0.05) is 134 Å². The summed E-state index contributed by atoms with van der Waals surface area (Å²) in [5.41, 5.74) is 1.17. The lowest BCUT2D eigenvalue weighted by Crippen LogP contribution is -2.43. The summed E-state index contributed by atoms with van der Waals surface area (Å²) in [6.45, 7) is 4.84. The fraction of sp³-hybridized carbons (Fsp3) is 0.730. The quantitative estimate of drug-likeness (QED) is 0.0657. The van der Waals surface area contributed by atoms with Crippen molar-refractivity contribution in [3.05, 3.63) is 42.5 Å². The van der Waals surface area contributed by atoms with Crippen molar-refractivity contribution in [3.63, 3.8) is 0 Å². The van der Waals surface area contributed by atoms with Crippen molar-refractivity contribution in [2.75, 3.05) is 38.2 Å². The highest BCUT2D eigenvalue weighted by Crippen LogP contribution is 2.25. The molecule has 0 fully saturated rings. The number of ether oxygens (including phenoxy) is 1. The number of hydrogen-bond donors (Lipinski definition) is 1. The molecule has 2 atom stereocenters. The van der Waals surface area contributed by atoms with Crippen LogP contribution in [0.25, 0.3) is 0 Å². The Labute approximate surface area is 264 Å². The van der Waals surface area contributed by atoms with Gasteiger partial charge >= 0.3 is 6.09 Å². The van der Waals surface area contributed by atoms with Gasteiger partial charge in [0.15, 0.2) is 0 Å². The Kier molecular flexibility index (Phi) is 21.2. The molecule has 1 aromatic rings. The second-order valence-electron chi connectivity index (χ2n) is 12.6. The Bertz CT molecular complexity index is 847. The molecule has 0 aliphatic heterocycles. The molecule has 0 saturated carbocycles. The van der Waals surface area contributed by atoms with Gasteiger partial charge < -0.3 is 19.9 Å². The second kappa shape index (κ2) is 24.9. The third kappa shape index (κ3) is 17.4. The summed E-state index contributed by atoms with van der Waals surface area (Å²) in [7, 11) is 2.06. The second-order valence-corrected chi connectivity index (χ2v) is 12.6. The van der Waals surface area contributed by atoms with Gasteiger partial charge in [0.2, 0.25) is 6.41 Å². The highest BCUT2D eigenvalue weighted by atomic mass is 16.5. The van der Waals surface area contributed by atoms with Crippen LogP contribution in [0.5, 0.6) is 0 Å². The molecule has 2 rings (SSSR count). The molecule has 0 aromatic heterocycles. The molecule has 0 radical (unpaired) electrons. The first-order chi connectivity index (χ1) is 21.2. The molecule has 43 heavy (non-hydrogen) atoms. The van der Waals surface area contributed by atoms with Crippen LogP contribution in [0.3, 0.4) is 0 Å². The average Bonchev–Trinajstić information content (AvgIpc) is 3.04. The number of nitrogens with zero attached hydrogens (tertiary/aromatic N) is 2. The Morgan fingerprint density at radius 1 is 0.791 bits per heavy atom. The van der Waals surface area contributed by atoms with Crippen LogP contribution in [0.4, 0.5) is 10.5 Å². The molecular formula is C37H63N3O3. The van der Waals surface area contributed by atoms with E-state index < -0.39 is 0 Å². The average molecular weight is 598 g/mol. The van der Waals surface area contributed by atoms with Crippen LogP contribution in [0, 0.1) is 5.92 Å². The standard InChI is InChI=1S/C37H63N3O3/c1-3-4-5-6-7-8-9-10-11-12-13-14-15-16-17-23-31-40(33-41)36-28-22-21-25-34(36)32-43-37(42)38-29-24-30-39(2)35-26-19-18-20-27-35/h18-22,26-27,33-34,36H,3-17,23-25,28-32H2,1-2H3,(H,38,42). The van der Waals surface area contributed by atoms with Crippen molar-refractivity contribution in [1.82, 2.24) is 10.2 Å². The van der Waals surface area contributed by atoms with E-state index in [0.717, 1.165) is 45.2 Å². The third-order valence-electron chi connectivity index (χ3n) is 8.92. The van der Waals surface area contributed by atoms with E-state index in [9.17, 15) is 9.59 Å². The largest absolute Gasteiger partial charge is 0.449 e. The molecule has 1 aliphatic carbocycles. The lowest BCUT2D eigenvalue weighted by molar-refractivity contribution is -0.121. The molecule has 0 saturated heterocycles. The summed E-state index contributed by atoms with van der Waals surface area (Å²) in [5.74, 6) is 0.145. The van der Waals surface area contributed by atoms with E-state index in [4.69, 9.17) is 4.74 Å². The molecule has 6 nitrogen and oxygen atoms in total. The number of alkyl carbamates (subject to hydrolysis) is 1. The lowest BCUT2D eigenvalue weighted by Gasteiger charge is -2.35. The summed E-state index contributed by atoms with van der Waals surface area (Å²) >= 11 is 0. The minimum atomic E-state index is -0.369. The Balaban J connectivity index is 1.50. The van der Waals surface area contributed by atoms with Crippen LogP contribution in [0.1, 0.15) is 129 Å². The summed E-state index contributed by atoms with van der Waals surface area (Å²) < 4.78 is 5.59. The van der Waals surface area contributed by atoms with Gasteiger partial charge in [-0.3, -0.25) is 4.79 Å². The number of anilines is 1. The van der Waals surface area contributed by atoms with Gasteiger partial charge in [0, 0.05) is 44.3 Å². The van der Waals surface area contributed by atoms with Crippen molar-refractivity contribution in [2.24, 2.45) is 5.92 Å². The number of nitrogens with one attached hydrogen (secondary N) is 1. The van der Waals surface area contributed by atoms with Gasteiger partial charge in [0.1, 0.15) is 0 Å². The van der Waals surface area contributed by atoms with Crippen molar-refractivity contribution < 1.29 is 14.3 Å². The fourth-order valence-corrected chi connectivity index (χ4v) is 6.13. The monoisotopic (exact) mass is 597 g/mol. The lowest BCUT2D eigenvalue weighted by atomic mass is 9.88. The van der Waals surface area contributed by atoms with Crippen LogP contribution < -0.4 is 10.2 Å². The van der Waals surface area contributed by atoms with Crippen LogP contribution in [-0.4, -0.2) is 56.7 Å². The van der Waals surface area contributed by atoms with Gasteiger partial charge in [-0.2, -0.15) is 0 Å². The molecule has 1 aromatic carbocycles. The molecule has 0 heterocycles. The first-order valence-corrected chi connectivity index (χ1v) is 17.7. The smallest absolute Gasteiger partial charge is 0.407 e. The summed E-state index contributed by atoms with van der Waals surface area (Å²) in [6.07, 6.45) is 29.0. The maximum absolute atomic E-state index is 12.3. The van der Waals surface area contributed by atoms with Gasteiger partial charge in [-0.05, 0) is 37.8 Å². The predicted molar refractivity (Wildman–Crippen MR) is 182 cm³/mol. The Morgan fingerprint density at radius 2 is 1.35 bits per heavy atom. The van der Waals surface area contributed by atoms with Crippen molar-refractivity contribution in [3.8, 4) is 0 Å². The molecule has 0 spiro atoms. The fourth-order valence-electron chi connectivity index (χ4n) is 6.13. The molecule has 6 heteroatoms. The topological polar surface area (TPSA) is 61.9 Å². The number of unbranched alkanes of at least 4 members (excludes halogenated alkanes) is 15. The number of carbonyl (C=O) groups is 2. The molecule has 244 valence electrons. The summed E-state index contributed by atoms with van der Waals surface area (Å²) in [5, 5.41) is 2.88. The number of hydrogen-bond acceptors (Lipinski definition) is 4. The Hall–Kier alpha value is -2.50. The minimum absolute atomic E-state index is 0.103. The van der Waals surface area contributed by atoms with Crippen LogP contribution in [0.2, 0.25) is 0 Å². The molecule has 0 bridgehead atoms. The zero-order valence-electron chi connectivity index (χ0n) is 27.7. The predicted octanol–water partition coefficient (Wildman–Crippen LogP) is 9.29. The molecule has 1 aliphatic rings. The van der Waals surface area contributed by atoms with E-state index >= 15 is 0 Å². The van der Waals surface area contributed by atoms with Gasteiger partial charge in [-0.15, -0.1) is 0 Å². The zero-order valence-corrected chi connectivity index (χ0v) is 27.7. The number of allylic oxidation sites excluding steroid dienone is 1. The van der Waals surface area contributed by atoms with Gasteiger partial charge in [-0.25, -0.2) is 4.79 Å². The van der Waals surface area contributed by atoms with Crippen molar-refractivity contribution >= 4 is 18.2 Å². The maximum Gasteiger partial charge on any atom is 0.407 e. The number of amides is 2. The minimum Gasteiger partial charge on any atom is -0.449 e. The highest BCUT2D eigenvalue weighted by molar-refractivity contribution is 5.67. The molecule has 2 unspecified atom stereocenters. The van der Waals surface area contributed by atoms with Crippen LogP contribution >= 0.6 is 0 Å².